The highest BCUT2D eigenvalue weighted by molar-refractivity contribution is 6.24. The molecule has 2 bridgehead atoms. The molecule has 2 N–H and O–H groups in total. The number of nitrogens with zero attached hydrogens (tertiary/aromatic N) is 4. The number of piperazine rings is 1. The summed E-state index contributed by atoms with van der Waals surface area (Å²) in [6, 6.07) is 27.6. The molecule has 4 amide bonds. The number of piperidine rings is 3. The van der Waals surface area contributed by atoms with Crippen LogP contribution in [0.5, 0.6) is 11.5 Å². The molecule has 5 saturated heterocycles. The SMILES string of the molecule is O=C1CCC(N2C(=O)c3cc(F)c(N4C5CC4CN(CC4CCN(CCOc6ccc(C(=C(CCCl)c7ccccc7)c7ccc(O)cc7)cc6)CC4)C5)cc3C2=O)C(=O)N1. The molecule has 4 aromatic rings. The molecule has 4 aromatic carbocycles. The van der Waals surface area contributed by atoms with E-state index in [1.165, 1.54) is 6.07 Å². The number of fused-ring (bicyclic) bond motifs is 3. The minimum absolute atomic E-state index is 0.0272. The first kappa shape index (κ1) is 40.8. The summed E-state index contributed by atoms with van der Waals surface area (Å²) < 4.78 is 21.9. The number of amides is 4. The summed E-state index contributed by atoms with van der Waals surface area (Å²) in [6.45, 7) is 6.05. The highest BCUT2D eigenvalue weighted by Gasteiger charge is 2.49. The third kappa shape index (κ3) is 8.28. The average Bonchev–Trinajstić information content (AvgIpc) is 3.49. The van der Waals surface area contributed by atoms with Crippen LogP contribution in [-0.4, -0.2) is 113 Å². The summed E-state index contributed by atoms with van der Waals surface area (Å²) in [4.78, 5) is 58.6. The van der Waals surface area contributed by atoms with Crippen LogP contribution in [0, 0.1) is 11.7 Å². The minimum atomic E-state index is -1.09. The quantitative estimate of drug-likeness (QED) is 0.0874. The molecule has 0 aliphatic carbocycles. The second-order valence-electron chi connectivity index (χ2n) is 16.8. The van der Waals surface area contributed by atoms with Crippen LogP contribution in [0.1, 0.15) is 75.9 Å². The molecule has 13 heteroatoms. The molecule has 3 unspecified atom stereocenters. The van der Waals surface area contributed by atoms with Crippen LogP contribution in [0.3, 0.4) is 0 Å². The normalized spacial score (nSPS) is 22.5. The third-order valence-corrected chi connectivity index (χ3v) is 13.2. The zero-order chi connectivity index (χ0) is 42.2. The van der Waals surface area contributed by atoms with Crippen molar-refractivity contribution < 1.29 is 33.4 Å². The van der Waals surface area contributed by atoms with E-state index >= 15 is 4.39 Å². The first-order valence-corrected chi connectivity index (χ1v) is 21.8. The molecule has 3 atom stereocenters. The van der Waals surface area contributed by atoms with Crippen molar-refractivity contribution in [2.24, 2.45) is 5.92 Å². The fraction of sp³-hybridized carbons (Fsp3) is 0.375. The fourth-order valence-corrected chi connectivity index (χ4v) is 10.2. The Morgan fingerprint density at radius 2 is 1.46 bits per heavy atom. The zero-order valence-electron chi connectivity index (χ0n) is 33.9. The molecule has 0 saturated carbocycles. The number of aromatic hydroxyl groups is 1. The summed E-state index contributed by atoms with van der Waals surface area (Å²) in [5, 5.41) is 12.2. The molecule has 6 heterocycles. The molecular formula is C48H49ClFN5O6. The minimum Gasteiger partial charge on any atom is -0.508 e. The van der Waals surface area contributed by atoms with Gasteiger partial charge in [0.2, 0.25) is 11.8 Å². The molecule has 0 radical (unpaired) electrons. The van der Waals surface area contributed by atoms with Gasteiger partial charge in [-0.15, -0.1) is 11.6 Å². The number of anilines is 1. The van der Waals surface area contributed by atoms with Crippen molar-refractivity contribution in [3.8, 4) is 11.5 Å². The first-order valence-electron chi connectivity index (χ1n) is 21.3. The monoisotopic (exact) mass is 845 g/mol. The van der Waals surface area contributed by atoms with Gasteiger partial charge < -0.3 is 14.7 Å². The number of halogens is 2. The Kier molecular flexibility index (Phi) is 11.7. The predicted octanol–water partition coefficient (Wildman–Crippen LogP) is 6.57. The van der Waals surface area contributed by atoms with Crippen molar-refractivity contribution >= 4 is 52.1 Å². The van der Waals surface area contributed by atoms with Gasteiger partial charge >= 0.3 is 0 Å². The highest BCUT2D eigenvalue weighted by Crippen LogP contribution is 2.42. The van der Waals surface area contributed by atoms with Gasteiger partial charge in [-0.25, -0.2) is 4.39 Å². The summed E-state index contributed by atoms with van der Waals surface area (Å²) in [7, 11) is 0. The standard InChI is InChI=1S/C48H49ClFN5O6/c49-19-16-38(31-4-2-1-3-5-31)45(32-6-10-36(56)11-7-32)33-8-12-37(13-9-33)61-23-22-52-20-17-30(18-21-52)27-53-28-34-24-35(29-53)54(34)43-26-40-39(25-41(43)50)47(59)55(48(40)60)42-14-15-44(57)51-46(42)58/h1-13,25-26,30,34-35,42,56H,14-24,27-29H2,(H,51,57,58). The van der Waals surface area contributed by atoms with Gasteiger partial charge in [-0.1, -0.05) is 54.6 Å². The molecule has 0 aromatic heterocycles. The number of carbonyl (C=O) groups excluding carboxylic acids is 4. The topological polar surface area (TPSA) is 123 Å². The smallest absolute Gasteiger partial charge is 0.262 e. The number of rotatable bonds is 13. The van der Waals surface area contributed by atoms with Crippen LogP contribution in [0.25, 0.3) is 11.1 Å². The summed E-state index contributed by atoms with van der Waals surface area (Å²) in [6.07, 6.45) is 3.92. The number of benzene rings is 4. The lowest BCUT2D eigenvalue weighted by molar-refractivity contribution is -0.136. The van der Waals surface area contributed by atoms with Crippen molar-refractivity contribution in [2.75, 3.05) is 56.7 Å². The van der Waals surface area contributed by atoms with Crippen LogP contribution >= 0.6 is 11.6 Å². The first-order chi connectivity index (χ1) is 29.6. The Bertz CT molecular complexity index is 2340. The largest absolute Gasteiger partial charge is 0.508 e. The highest BCUT2D eigenvalue weighted by atomic mass is 35.5. The Morgan fingerprint density at radius 1 is 0.803 bits per heavy atom. The zero-order valence-corrected chi connectivity index (χ0v) is 34.7. The second kappa shape index (κ2) is 17.4. The van der Waals surface area contributed by atoms with Gasteiger partial charge in [0.05, 0.1) is 16.8 Å². The second-order valence-corrected chi connectivity index (χ2v) is 17.2. The van der Waals surface area contributed by atoms with E-state index in [1.807, 2.05) is 42.5 Å². The van der Waals surface area contributed by atoms with E-state index in [4.69, 9.17) is 16.3 Å². The summed E-state index contributed by atoms with van der Waals surface area (Å²) in [5.41, 5.74) is 5.77. The van der Waals surface area contributed by atoms with Gasteiger partial charge in [0.1, 0.15) is 30.0 Å². The number of phenols is 1. The Hall–Kier alpha value is -5.56. The Balaban J connectivity index is 0.756. The molecule has 6 aliphatic rings. The maximum atomic E-state index is 15.6. The fourth-order valence-electron chi connectivity index (χ4n) is 9.98. The van der Waals surface area contributed by atoms with E-state index < -0.39 is 35.5 Å². The van der Waals surface area contributed by atoms with Crippen molar-refractivity contribution in [3.63, 3.8) is 0 Å². The van der Waals surface area contributed by atoms with Gasteiger partial charge in [0.15, 0.2) is 0 Å². The average molecular weight is 846 g/mol. The van der Waals surface area contributed by atoms with Crippen molar-refractivity contribution in [1.82, 2.24) is 20.0 Å². The predicted molar refractivity (Wildman–Crippen MR) is 231 cm³/mol. The Morgan fingerprint density at radius 3 is 2.11 bits per heavy atom. The molecule has 0 spiro atoms. The van der Waals surface area contributed by atoms with E-state index in [9.17, 15) is 24.3 Å². The molecule has 11 nitrogen and oxygen atoms in total. The van der Waals surface area contributed by atoms with Crippen LogP contribution in [0.4, 0.5) is 10.1 Å². The third-order valence-electron chi connectivity index (χ3n) is 13.0. The van der Waals surface area contributed by atoms with E-state index in [0.29, 0.717) is 30.5 Å². The molecule has 6 aliphatic heterocycles. The van der Waals surface area contributed by atoms with Gasteiger partial charge in [-0.3, -0.25) is 39.2 Å². The van der Waals surface area contributed by atoms with Crippen molar-refractivity contribution in [1.29, 1.82) is 0 Å². The number of likely N-dealkylation sites (tertiary alicyclic amines) is 1. The lowest BCUT2D eigenvalue weighted by Gasteiger charge is -2.58. The number of allylic oxidation sites excluding steroid dienone is 1. The number of hydrogen-bond acceptors (Lipinski definition) is 9. The van der Waals surface area contributed by atoms with E-state index in [-0.39, 0.29) is 41.8 Å². The molecule has 10 rings (SSSR count). The number of carbonyl (C=O) groups is 4. The van der Waals surface area contributed by atoms with Crippen LogP contribution in [0.15, 0.2) is 91.0 Å². The maximum Gasteiger partial charge on any atom is 0.262 e. The number of alkyl halides is 1. The van der Waals surface area contributed by atoms with Gasteiger partial charge in [-0.2, -0.15) is 0 Å². The lowest BCUT2D eigenvalue weighted by atomic mass is 9.85. The van der Waals surface area contributed by atoms with Crippen LogP contribution in [-0.2, 0) is 9.59 Å². The van der Waals surface area contributed by atoms with E-state index in [0.717, 1.165) is 103 Å². The van der Waals surface area contributed by atoms with Crippen molar-refractivity contribution in [3.05, 3.63) is 125 Å². The van der Waals surface area contributed by atoms with Crippen LogP contribution in [0.2, 0.25) is 0 Å². The van der Waals surface area contributed by atoms with Gasteiger partial charge in [0, 0.05) is 50.6 Å². The number of ether oxygens (including phenoxy) is 1. The van der Waals surface area contributed by atoms with Gasteiger partial charge in [-0.05, 0) is 115 Å². The lowest BCUT2D eigenvalue weighted by Crippen LogP contribution is -2.69. The molecule has 61 heavy (non-hydrogen) atoms. The molecular weight excluding hydrogens is 797 g/mol. The van der Waals surface area contributed by atoms with E-state index in [1.54, 1.807) is 12.1 Å². The van der Waals surface area contributed by atoms with Crippen molar-refractivity contribution in [2.45, 2.75) is 56.7 Å². The van der Waals surface area contributed by atoms with Crippen LogP contribution < -0.4 is 15.0 Å². The number of nitrogens with one attached hydrogen (secondary N) is 1. The molecule has 5 fully saturated rings. The number of hydrogen-bond donors (Lipinski definition) is 2. The Labute approximate surface area is 359 Å². The number of imide groups is 2. The molecule has 316 valence electrons. The van der Waals surface area contributed by atoms with Gasteiger partial charge in [0.25, 0.3) is 11.8 Å². The summed E-state index contributed by atoms with van der Waals surface area (Å²) in [5.74, 6) is -0.911. The maximum absolute atomic E-state index is 15.6. The number of phenolic OH excluding ortho intramolecular Hbond substituents is 1. The summed E-state index contributed by atoms with van der Waals surface area (Å²) >= 11 is 6.33. The van der Waals surface area contributed by atoms with E-state index in [2.05, 4.69) is 44.3 Å².